The van der Waals surface area contributed by atoms with Crippen LogP contribution in [0.3, 0.4) is 0 Å². The molecule has 0 aliphatic carbocycles. The Morgan fingerprint density at radius 2 is 1.91 bits per heavy atom. The molecule has 126 valence electrons. The van der Waals surface area contributed by atoms with Gasteiger partial charge in [-0.3, -0.25) is 4.18 Å². The Kier molecular flexibility index (Phi) is 6.42. The molecule has 0 radical (unpaired) electrons. The van der Waals surface area contributed by atoms with E-state index in [-0.39, 0.29) is 5.69 Å². The Morgan fingerprint density at radius 3 is 2.35 bits per heavy atom. The van der Waals surface area contributed by atoms with Crippen LogP contribution in [0, 0.1) is 11.6 Å². The fraction of sp³-hybridized carbons (Fsp3) is 0.250. The Balaban J connectivity index is 0.000000379. The van der Waals surface area contributed by atoms with Gasteiger partial charge in [0, 0.05) is 11.2 Å². The molecule has 0 saturated carbocycles. The van der Waals surface area contributed by atoms with E-state index in [2.05, 4.69) is 14.4 Å². The van der Waals surface area contributed by atoms with Crippen molar-refractivity contribution in [3.05, 3.63) is 42.2 Å². The van der Waals surface area contributed by atoms with Crippen molar-refractivity contribution in [1.29, 1.82) is 0 Å². The van der Waals surface area contributed by atoms with Crippen LogP contribution < -0.4 is 4.57 Å². The lowest BCUT2D eigenvalue weighted by molar-refractivity contribution is -0.657. The van der Waals surface area contributed by atoms with Crippen molar-refractivity contribution < 1.29 is 30.5 Å². The molecule has 0 atom stereocenters. The number of azo groups is 1. The summed E-state index contributed by atoms with van der Waals surface area (Å²) in [4.78, 5) is 0. The molecule has 1 heterocycles. The Bertz CT molecular complexity index is 786. The third-order valence-electron chi connectivity index (χ3n) is 2.51. The number of aromatic nitrogens is 2. The van der Waals surface area contributed by atoms with Gasteiger partial charge in [0.15, 0.2) is 5.82 Å². The van der Waals surface area contributed by atoms with Gasteiger partial charge in [0.05, 0.1) is 33.6 Å². The summed E-state index contributed by atoms with van der Waals surface area (Å²) in [6.07, 6.45) is 3.60. The molecule has 11 heteroatoms. The summed E-state index contributed by atoms with van der Waals surface area (Å²) in [5.41, 5.74) is 0.00704. The molecule has 0 amide bonds. The van der Waals surface area contributed by atoms with Crippen molar-refractivity contribution in [2.75, 3.05) is 7.11 Å². The van der Waals surface area contributed by atoms with Crippen molar-refractivity contribution in [1.82, 2.24) is 4.57 Å². The highest BCUT2D eigenvalue weighted by Gasteiger charge is 2.11. The van der Waals surface area contributed by atoms with Gasteiger partial charge in [0.2, 0.25) is 10.4 Å². The molecular formula is C12H14F2N4O4S. The quantitative estimate of drug-likeness (QED) is 0.364. The first kappa shape index (κ1) is 18.8. The van der Waals surface area contributed by atoms with Crippen molar-refractivity contribution in [2.24, 2.45) is 24.3 Å². The lowest BCUT2D eigenvalue weighted by atomic mass is 10.3. The summed E-state index contributed by atoms with van der Waals surface area (Å²) in [6, 6.07) is 3.17. The van der Waals surface area contributed by atoms with Gasteiger partial charge in [-0.05, 0) is 12.1 Å². The Morgan fingerprint density at radius 1 is 1.30 bits per heavy atom. The SMILES string of the molecule is COS(=O)(=O)[O-].Cn1cc[n+](C)c1N=Nc1ccc(F)cc1F. The van der Waals surface area contributed by atoms with Crippen molar-refractivity contribution >= 4 is 22.0 Å². The number of aryl methyl sites for hydroxylation is 2. The molecule has 2 aromatic rings. The van der Waals surface area contributed by atoms with Crippen LogP contribution in [0.15, 0.2) is 40.8 Å². The topological polar surface area (TPSA) is 100.0 Å². The van der Waals surface area contributed by atoms with E-state index in [4.69, 9.17) is 0 Å². The van der Waals surface area contributed by atoms with Crippen LogP contribution in [0.4, 0.5) is 20.4 Å². The molecule has 2 rings (SSSR count). The number of halogens is 2. The molecule has 0 bridgehead atoms. The van der Waals surface area contributed by atoms with Crippen LogP contribution in [0.1, 0.15) is 0 Å². The molecule has 0 aliphatic rings. The number of benzene rings is 1. The van der Waals surface area contributed by atoms with E-state index in [9.17, 15) is 21.8 Å². The third kappa shape index (κ3) is 6.18. The van der Waals surface area contributed by atoms with Gasteiger partial charge in [-0.2, -0.15) is 0 Å². The van der Waals surface area contributed by atoms with E-state index in [0.717, 1.165) is 19.2 Å². The van der Waals surface area contributed by atoms with Crippen molar-refractivity contribution in [3.8, 4) is 0 Å². The number of hydrogen-bond acceptors (Lipinski definition) is 6. The third-order valence-corrected chi connectivity index (χ3v) is 2.91. The molecule has 0 saturated heterocycles. The van der Waals surface area contributed by atoms with E-state index < -0.39 is 22.0 Å². The molecule has 0 spiro atoms. The highest BCUT2D eigenvalue weighted by Crippen LogP contribution is 2.20. The zero-order chi connectivity index (χ0) is 17.6. The molecule has 0 N–H and O–H groups in total. The van der Waals surface area contributed by atoms with Crippen LogP contribution in [-0.2, 0) is 28.7 Å². The summed E-state index contributed by atoms with van der Waals surface area (Å²) in [5, 5.41) is 7.67. The van der Waals surface area contributed by atoms with E-state index in [1.807, 2.05) is 0 Å². The van der Waals surface area contributed by atoms with Gasteiger partial charge in [-0.1, -0.05) is 5.11 Å². The van der Waals surface area contributed by atoms with Gasteiger partial charge in [0.25, 0.3) is 0 Å². The first-order chi connectivity index (χ1) is 10.6. The zero-order valence-corrected chi connectivity index (χ0v) is 13.3. The van der Waals surface area contributed by atoms with Crippen LogP contribution in [-0.4, -0.2) is 24.6 Å². The molecule has 0 fully saturated rings. The van der Waals surface area contributed by atoms with Crippen LogP contribution in [0.5, 0.6) is 0 Å². The summed E-state index contributed by atoms with van der Waals surface area (Å²) < 4.78 is 60.4. The van der Waals surface area contributed by atoms with E-state index >= 15 is 0 Å². The van der Waals surface area contributed by atoms with Crippen molar-refractivity contribution in [3.63, 3.8) is 0 Å². The van der Waals surface area contributed by atoms with E-state index in [1.165, 1.54) is 6.07 Å². The van der Waals surface area contributed by atoms with Crippen LogP contribution >= 0.6 is 0 Å². The Hall–Kier alpha value is -2.24. The molecule has 1 aromatic heterocycles. The van der Waals surface area contributed by atoms with Gasteiger partial charge < -0.3 is 4.55 Å². The molecule has 23 heavy (non-hydrogen) atoms. The van der Waals surface area contributed by atoms with Crippen molar-refractivity contribution in [2.45, 2.75) is 0 Å². The van der Waals surface area contributed by atoms with E-state index in [1.54, 1.807) is 35.6 Å². The minimum atomic E-state index is -4.41. The maximum atomic E-state index is 13.3. The van der Waals surface area contributed by atoms with E-state index in [0.29, 0.717) is 5.95 Å². The van der Waals surface area contributed by atoms with Gasteiger partial charge in [-0.15, -0.1) is 0 Å². The summed E-state index contributed by atoms with van der Waals surface area (Å²) in [5.74, 6) is -0.801. The summed E-state index contributed by atoms with van der Waals surface area (Å²) in [7, 11) is -0.00224. The molecular weight excluding hydrogens is 334 g/mol. The highest BCUT2D eigenvalue weighted by molar-refractivity contribution is 7.80. The zero-order valence-electron chi connectivity index (χ0n) is 12.5. The fourth-order valence-corrected chi connectivity index (χ4v) is 1.38. The number of rotatable bonds is 3. The smallest absolute Gasteiger partial charge is 0.421 e. The second-order valence-electron chi connectivity index (χ2n) is 4.19. The number of nitrogens with zero attached hydrogens (tertiary/aromatic N) is 4. The molecule has 1 aromatic carbocycles. The van der Waals surface area contributed by atoms with Crippen LogP contribution in [0.2, 0.25) is 0 Å². The lowest BCUT2D eigenvalue weighted by Crippen LogP contribution is -2.25. The average Bonchev–Trinajstić information content (AvgIpc) is 2.77. The first-order valence-corrected chi connectivity index (χ1v) is 7.36. The summed E-state index contributed by atoms with van der Waals surface area (Å²) >= 11 is 0. The maximum Gasteiger partial charge on any atom is 0.421 e. The summed E-state index contributed by atoms with van der Waals surface area (Å²) in [6.45, 7) is 0. The predicted octanol–water partition coefficient (Wildman–Crippen LogP) is 1.64. The average molecular weight is 348 g/mol. The lowest BCUT2D eigenvalue weighted by Gasteiger charge is -1.98. The molecule has 0 aliphatic heterocycles. The van der Waals surface area contributed by atoms with Gasteiger partial charge >= 0.3 is 5.95 Å². The second-order valence-corrected chi connectivity index (χ2v) is 5.34. The molecule has 8 nitrogen and oxygen atoms in total. The van der Waals surface area contributed by atoms with Gasteiger partial charge in [-0.25, -0.2) is 26.3 Å². The van der Waals surface area contributed by atoms with Gasteiger partial charge in [0.1, 0.15) is 11.5 Å². The fourth-order valence-electron chi connectivity index (χ4n) is 1.38. The normalized spacial score (nSPS) is 11.4. The molecule has 0 unspecified atom stereocenters. The van der Waals surface area contributed by atoms with Crippen LogP contribution in [0.25, 0.3) is 0 Å². The number of hydrogen-bond donors (Lipinski definition) is 0. The standard InChI is InChI=1S/C11H11F2N4.CH4O4S/c1-16-5-6-17(2)11(16)15-14-10-4-3-8(12)7-9(10)13;1-5-6(2,3)4/h3-7H,1-2H3;1H3,(H,2,3,4)/q+1;/p-1. The second kappa shape index (κ2) is 7.85. The largest absolute Gasteiger partial charge is 0.726 e. The minimum Gasteiger partial charge on any atom is -0.726 e. The maximum absolute atomic E-state index is 13.3. The Labute approximate surface area is 131 Å². The number of imidazole rings is 1. The monoisotopic (exact) mass is 348 g/mol. The highest BCUT2D eigenvalue weighted by atomic mass is 32.3. The minimum absolute atomic E-state index is 0.00704. The predicted molar refractivity (Wildman–Crippen MR) is 73.8 cm³/mol. The first-order valence-electron chi connectivity index (χ1n) is 6.03.